The zero-order valence-electron chi connectivity index (χ0n) is 61.1. The molecule has 0 bridgehead atoms. The molecule has 0 saturated heterocycles. The summed E-state index contributed by atoms with van der Waals surface area (Å²) >= 11 is 0. The predicted octanol–water partition coefficient (Wildman–Crippen LogP) is -39.1. The first kappa shape index (κ1) is 113. The average molecular weight is 1170 g/mol. The van der Waals surface area contributed by atoms with Crippen LogP contribution in [0.4, 0.5) is 0 Å². The van der Waals surface area contributed by atoms with E-state index in [1.807, 2.05) is 0 Å². The van der Waals surface area contributed by atoms with E-state index in [4.69, 9.17) is 418 Å². The van der Waals surface area contributed by atoms with Crippen LogP contribution in [0.1, 0.15) is 0 Å². The zero-order valence-corrected chi connectivity index (χ0v) is 62.0. The van der Waals surface area contributed by atoms with E-state index >= 15 is 0 Å². The molecule has 0 atom stereocenters. The first-order valence-electron chi connectivity index (χ1n) is 34.8. The highest BCUT2D eigenvalue weighted by atomic mass is 31.1. The molecule has 108 radical (unpaired) electrons. The molecular formula is B105P. The number of rotatable bonds is 51. The molecule has 0 aliphatic heterocycles. The molecule has 0 aromatic rings. The van der Waals surface area contributed by atoms with Crippen molar-refractivity contribution in [2.24, 2.45) is 0 Å². The van der Waals surface area contributed by atoms with Crippen LogP contribution in [0, 0.1) is 0 Å². The fraction of sp³-hybridized carbons (Fsp3) is 0. The minimum atomic E-state index is -3.91. The molecule has 0 unspecified atom stereocenters. The SMILES string of the molecule is [B]B([B])B(B([B])[B])B(B([B])[B])B(B(B(B([B])[B])B([B])[B])B(B([B])[B])B([B])[B])B(B(B(B([B])[B])B([B])[B])B(B([B])[B])B([B])[B])P(B(B(B(B([B])[B])B([B])[B])B(B([B])[B])B([B])[B])B(B(B([B])[B])B([B])[B])B(B([B])[B])B([B])[B])B(B(B(B([B])[B])B([B])[B])B(B([B])[B])B([B])[B])B(B(B([B])[B])B([B])[B])B(B([B])[B])B([B])[B]. The van der Waals surface area contributed by atoms with Crippen molar-refractivity contribution in [1.82, 2.24) is 0 Å². The predicted molar refractivity (Wildman–Crippen MR) is 611 cm³/mol. The summed E-state index contributed by atoms with van der Waals surface area (Å²) in [5.41, 5.74) is 0. The van der Waals surface area contributed by atoms with E-state index in [1.165, 1.54) is 0 Å². The Balaban J connectivity index is 15.2. The normalized spacial score (nSPS) is 9.93. The van der Waals surface area contributed by atoms with E-state index in [0.717, 1.165) is 0 Å². The molecule has 0 nitrogen and oxygen atoms in total. The second-order valence-electron chi connectivity index (χ2n) is 29.6. The van der Waals surface area contributed by atoms with Gasteiger partial charge in [-0.15, -0.1) is 0 Å². The molecule has 320 valence electrons. The van der Waals surface area contributed by atoms with Crippen molar-refractivity contribution in [1.29, 1.82) is 0 Å². The van der Waals surface area contributed by atoms with Crippen molar-refractivity contribution in [2.75, 3.05) is 0 Å². The summed E-state index contributed by atoms with van der Waals surface area (Å²) in [5.74, 6) is 0. The molecule has 0 aliphatic carbocycles. The van der Waals surface area contributed by atoms with E-state index in [0.29, 0.717) is 0 Å². The standard InChI is InChI=1S/B105P/c1-55(2)82(56(3)4)95(81(53)54)102(96(83(57(5)6)58(7)8)84(59(9)10)60(11)12)105(101(93(77(45)46)78(47)48)94(79(49)50)80(51)52)106(103(97(85(61(13)14)62(15)16)86(63(17)18)64(19)20)98(87(65(21)22)66(23)24)88(67(25)26)68(27)28)104(99(89(69(29)30)70(31)32)90(71(33)34)72(35)36)100(91(73(37)38)74(39)40)92(75(41)42)76(43)44. The monoisotopic (exact) mass is 1190 g/mol. The first-order chi connectivity index (χ1) is 48.2. The van der Waals surface area contributed by atoms with Crippen LogP contribution >= 0.6 is 7.56 Å². The molecule has 0 amide bonds. The van der Waals surface area contributed by atoms with Crippen LogP contribution in [0.15, 0.2) is 0 Å². The van der Waals surface area contributed by atoms with Crippen molar-refractivity contribution in [2.45, 2.75) is 0 Å². The summed E-state index contributed by atoms with van der Waals surface area (Å²) in [5, 5.41) is 0. The first-order valence-corrected chi connectivity index (χ1v) is 36.3. The van der Waals surface area contributed by atoms with E-state index in [1.54, 1.807) is 0 Å². The second-order valence-corrected chi connectivity index (χ2v) is 32.3. The van der Waals surface area contributed by atoms with Gasteiger partial charge < -0.3 is 0 Å². The Kier molecular flexibility index (Phi) is 55.7. The fourth-order valence-corrected chi connectivity index (χ4v) is 24.3. The Hall–Kier alpha value is 7.25. The Morgan fingerprint density at radius 3 is 0.226 bits per heavy atom. The van der Waals surface area contributed by atoms with Gasteiger partial charge in [-0.2, -0.15) is 0 Å². The summed E-state index contributed by atoms with van der Waals surface area (Å²) in [6, 6.07) is 0. The third-order valence-electron chi connectivity index (χ3n) is 22.1. The summed E-state index contributed by atoms with van der Waals surface area (Å²) in [7, 11) is 384. The van der Waals surface area contributed by atoms with Gasteiger partial charge in [0.15, 0.2) is 0 Å². The van der Waals surface area contributed by atoms with E-state index in [2.05, 4.69) is 0 Å². The van der Waals surface area contributed by atoms with Crippen molar-refractivity contribution < 1.29 is 0 Å². The molecular weight excluding hydrogens is 1170 g/mol. The van der Waals surface area contributed by atoms with Gasteiger partial charge in [-0.25, -0.2) is 0 Å². The minimum absolute atomic E-state index is 1.80. The van der Waals surface area contributed by atoms with Crippen molar-refractivity contribution in [3.05, 3.63) is 0 Å². The van der Waals surface area contributed by atoms with Gasteiger partial charge in [0.2, 0.25) is 0 Å². The largest absolute Gasteiger partial charge is 0.253 e. The number of hydrogen-bond acceptors (Lipinski definition) is 0. The molecule has 106 heavy (non-hydrogen) atoms. The fourth-order valence-electron chi connectivity index (χ4n) is 18.4. The molecule has 0 fully saturated rings. The van der Waals surface area contributed by atoms with Crippen LogP contribution in [0.25, 0.3) is 0 Å². The Bertz CT molecular complexity index is 1820. The van der Waals surface area contributed by atoms with Crippen molar-refractivity contribution in [3.8, 4) is 0 Å². The lowest BCUT2D eigenvalue weighted by Gasteiger charge is -2.65. The topological polar surface area (TPSA) is 0 Å². The summed E-state index contributed by atoms with van der Waals surface area (Å²) in [6.45, 7) is 0. The van der Waals surface area contributed by atoms with Gasteiger partial charge in [-0.3, -0.25) is 7.56 Å². The maximum Gasteiger partial charge on any atom is 0.0527 e. The molecule has 0 rings (SSSR count). The highest BCUT2D eigenvalue weighted by molar-refractivity contribution is 8.65. The molecule has 0 N–H and O–H groups in total. The zero-order chi connectivity index (χ0) is 84.0. The third-order valence-corrected chi connectivity index (χ3v) is 26.2. The maximum absolute atomic E-state index is 7.49. The molecule has 0 aliphatic rings. The lowest BCUT2D eigenvalue weighted by atomic mass is 8.30. The third kappa shape index (κ3) is 30.3. The average Bonchev–Trinajstić information content (AvgIpc) is 3.42. The highest BCUT2D eigenvalue weighted by Gasteiger charge is 2.69. The quantitative estimate of drug-likeness (QED) is 0.0421. The molecule has 0 aromatic carbocycles. The van der Waals surface area contributed by atoms with Gasteiger partial charge in [-0.05, 0) is 0 Å². The van der Waals surface area contributed by atoms with Gasteiger partial charge >= 0.3 is 0 Å². The van der Waals surface area contributed by atoms with Crippen LogP contribution in [0.5, 0.6) is 0 Å². The summed E-state index contributed by atoms with van der Waals surface area (Å²) < 4.78 is 0. The van der Waals surface area contributed by atoms with Crippen LogP contribution < -0.4 is 0 Å². The molecule has 0 heterocycles. The van der Waals surface area contributed by atoms with Crippen LogP contribution in [0.2, 0.25) is 0 Å². The maximum atomic E-state index is 7.49. The highest BCUT2D eigenvalue weighted by Crippen LogP contribution is 2.54. The number of hydrogen-bond donors (Lipinski definition) is 0. The van der Waals surface area contributed by atoms with E-state index in [9.17, 15) is 0 Å². The summed E-state index contributed by atoms with van der Waals surface area (Å²) in [4.78, 5) is 0. The molecule has 0 saturated carbocycles. The molecule has 106 heteroatoms. The van der Waals surface area contributed by atoms with Gasteiger partial charge in [-0.1, -0.05) is 0 Å². The van der Waals surface area contributed by atoms with Gasteiger partial charge in [0, 0.05) is 724 Å². The lowest BCUT2D eigenvalue weighted by molar-refractivity contribution is 3.19. The smallest absolute Gasteiger partial charge is 0.0527 e. The Labute approximate surface area is 742 Å². The molecule has 0 aromatic heterocycles. The minimum Gasteiger partial charge on any atom is -0.253 e. The summed E-state index contributed by atoms with van der Waals surface area (Å²) in [6.07, 6.45) is -99.0. The lowest BCUT2D eigenvalue weighted by Crippen LogP contribution is -2.94. The van der Waals surface area contributed by atoms with Crippen molar-refractivity contribution >= 4 is 750 Å². The van der Waals surface area contributed by atoms with Gasteiger partial charge in [0.1, 0.15) is 0 Å². The second kappa shape index (κ2) is 52.1. The Morgan fingerprint density at radius 1 is 0.0755 bits per heavy atom. The van der Waals surface area contributed by atoms with Crippen LogP contribution in [-0.2, 0) is 0 Å². The Morgan fingerprint density at radius 2 is 0.142 bits per heavy atom. The van der Waals surface area contributed by atoms with Crippen LogP contribution in [0.3, 0.4) is 0 Å². The van der Waals surface area contributed by atoms with Gasteiger partial charge in [0.05, 0.1) is 18.6 Å². The molecule has 0 spiro atoms. The van der Waals surface area contributed by atoms with E-state index < -0.39 is 333 Å². The van der Waals surface area contributed by atoms with E-state index in [-0.39, 0.29) is 0 Å². The van der Waals surface area contributed by atoms with Crippen molar-refractivity contribution in [3.63, 3.8) is 0 Å². The van der Waals surface area contributed by atoms with Crippen LogP contribution in [-0.4, -0.2) is 743 Å². The van der Waals surface area contributed by atoms with Gasteiger partial charge in [0.25, 0.3) is 0 Å².